The molecule has 1 atom stereocenters. The zero-order valence-electron chi connectivity index (χ0n) is 17.0. The second kappa shape index (κ2) is 8.68. The lowest BCUT2D eigenvalue weighted by Crippen LogP contribution is -2.32. The maximum absolute atomic E-state index is 13.0. The normalized spacial score (nSPS) is 11.8. The zero-order valence-corrected chi connectivity index (χ0v) is 17.0. The summed E-state index contributed by atoms with van der Waals surface area (Å²) in [5, 5.41) is 12.9. The number of nitrogens with two attached hydrogens (primary N) is 1. The predicted molar refractivity (Wildman–Crippen MR) is 120 cm³/mol. The molecule has 3 heterocycles. The van der Waals surface area contributed by atoms with E-state index >= 15 is 0 Å². The van der Waals surface area contributed by atoms with Gasteiger partial charge in [-0.2, -0.15) is 0 Å². The molecule has 1 aromatic carbocycles. The molecule has 0 fully saturated rings. The topological polar surface area (TPSA) is 136 Å². The number of anilines is 1. The Bertz CT molecular complexity index is 1330. The summed E-state index contributed by atoms with van der Waals surface area (Å²) in [6.07, 6.45) is 5.17. The monoisotopic (exact) mass is 428 g/mol. The van der Waals surface area contributed by atoms with E-state index in [9.17, 15) is 14.7 Å². The van der Waals surface area contributed by atoms with Gasteiger partial charge >= 0.3 is 0 Å². The Kier molecular flexibility index (Phi) is 5.63. The van der Waals surface area contributed by atoms with Crippen LogP contribution in [0.2, 0.25) is 0 Å². The van der Waals surface area contributed by atoms with E-state index in [0.717, 1.165) is 0 Å². The molecule has 1 unspecified atom stereocenters. The van der Waals surface area contributed by atoms with Gasteiger partial charge in [-0.3, -0.25) is 14.2 Å². The molecule has 32 heavy (non-hydrogen) atoms. The van der Waals surface area contributed by atoms with Crippen molar-refractivity contribution in [1.29, 1.82) is 0 Å². The van der Waals surface area contributed by atoms with Gasteiger partial charge in [0.1, 0.15) is 29.1 Å². The van der Waals surface area contributed by atoms with Crippen LogP contribution in [0.5, 0.6) is 5.75 Å². The minimum Gasteiger partial charge on any atom is -0.507 e. The summed E-state index contributed by atoms with van der Waals surface area (Å²) in [5.74, 6) is 0.0664. The number of aromatic nitrogens is 4. The minimum atomic E-state index is -0.609. The molecule has 3 aromatic heterocycles. The Morgan fingerprint density at radius 2 is 2.00 bits per heavy atom. The average Bonchev–Trinajstić information content (AvgIpc) is 3.18. The second-order valence-corrected chi connectivity index (χ2v) is 6.99. The first-order valence-electron chi connectivity index (χ1n) is 9.77. The van der Waals surface area contributed by atoms with Crippen LogP contribution in [0, 0.1) is 0 Å². The number of benzene rings is 1. The lowest BCUT2D eigenvalue weighted by Gasteiger charge is -2.22. The molecule has 0 aliphatic carbocycles. The number of hydrogen-bond donors (Lipinski definition) is 3. The number of hydrogen-bond acceptors (Lipinski definition) is 7. The molecule has 9 heteroatoms. The Morgan fingerprint density at radius 3 is 2.72 bits per heavy atom. The molecule has 160 valence electrons. The number of carbonyl (C=O) groups is 2. The summed E-state index contributed by atoms with van der Waals surface area (Å²) in [7, 11) is 0. The number of carbonyl (C=O) groups excluding carboxylic acids is 2. The molecule has 0 radical (unpaired) electrons. The molecule has 4 N–H and O–H groups in total. The number of nitrogen functional groups attached to an aromatic ring is 1. The van der Waals surface area contributed by atoms with Gasteiger partial charge in [-0.25, -0.2) is 15.0 Å². The van der Waals surface area contributed by atoms with Crippen LogP contribution < -0.4 is 11.1 Å². The first-order chi connectivity index (χ1) is 15.5. The van der Waals surface area contributed by atoms with Crippen molar-refractivity contribution in [1.82, 2.24) is 24.8 Å². The Balaban J connectivity index is 1.81. The minimum absolute atomic E-state index is 0.100. The van der Waals surface area contributed by atoms with Gasteiger partial charge in [-0.15, -0.1) is 6.58 Å². The Labute approximate surface area is 183 Å². The molecule has 9 nitrogen and oxygen atoms in total. The van der Waals surface area contributed by atoms with Crippen molar-refractivity contribution in [2.75, 3.05) is 5.73 Å². The van der Waals surface area contributed by atoms with E-state index in [2.05, 4.69) is 26.8 Å². The number of nitrogens with one attached hydrogen (secondary N) is 1. The molecule has 4 aromatic rings. The number of aldehydes is 1. The average molecular weight is 428 g/mol. The van der Waals surface area contributed by atoms with Gasteiger partial charge in [0.15, 0.2) is 11.9 Å². The van der Waals surface area contributed by atoms with Crippen LogP contribution in [0.4, 0.5) is 5.82 Å². The van der Waals surface area contributed by atoms with E-state index in [-0.39, 0.29) is 16.9 Å². The highest BCUT2D eigenvalue weighted by atomic mass is 16.3. The number of rotatable bonds is 7. The van der Waals surface area contributed by atoms with Crippen molar-refractivity contribution in [3.05, 3.63) is 78.6 Å². The molecule has 4 rings (SSSR count). The van der Waals surface area contributed by atoms with E-state index in [1.54, 1.807) is 41.2 Å². The molecular weight excluding hydrogens is 408 g/mol. The Morgan fingerprint density at radius 1 is 1.22 bits per heavy atom. The number of fused-ring (bicyclic) bond motifs is 1. The van der Waals surface area contributed by atoms with E-state index in [0.29, 0.717) is 41.1 Å². The SMILES string of the molecule is C=CCC(NC(=O)c1ccc(C=O)c(O)c1)n1c(-c2cccnc2N)nc2cccnc21. The van der Waals surface area contributed by atoms with Crippen LogP contribution in [0.15, 0.2) is 67.5 Å². The number of phenols is 1. The van der Waals surface area contributed by atoms with Crippen molar-refractivity contribution < 1.29 is 14.7 Å². The van der Waals surface area contributed by atoms with Gasteiger partial charge in [0.25, 0.3) is 5.91 Å². The van der Waals surface area contributed by atoms with E-state index < -0.39 is 12.1 Å². The molecule has 0 bridgehead atoms. The zero-order chi connectivity index (χ0) is 22.7. The number of nitrogens with zero attached hydrogens (tertiary/aromatic N) is 4. The number of phenolic OH excluding ortho intramolecular Hbond substituents is 1. The Hall–Kier alpha value is -4.53. The van der Waals surface area contributed by atoms with Crippen molar-refractivity contribution in [3.8, 4) is 17.1 Å². The van der Waals surface area contributed by atoms with Gasteiger partial charge in [-0.1, -0.05) is 6.08 Å². The second-order valence-electron chi connectivity index (χ2n) is 6.99. The molecule has 0 aliphatic heterocycles. The third-order valence-electron chi connectivity index (χ3n) is 4.95. The molecule has 0 aliphatic rings. The molecule has 0 spiro atoms. The van der Waals surface area contributed by atoms with Crippen LogP contribution in [0.25, 0.3) is 22.6 Å². The standard InChI is InChI=1S/C23H20N6O3/c1-2-5-19(28-23(32)14-8-9-15(13-30)18(31)12-14)29-21(16-6-3-10-25-20(16)24)27-17-7-4-11-26-22(17)29/h2-4,6-13,19,31H,1,5H2,(H2,24,25)(H,28,32). The quantitative estimate of drug-likeness (QED) is 0.304. The lowest BCUT2D eigenvalue weighted by molar-refractivity contribution is 0.0921. The lowest BCUT2D eigenvalue weighted by atomic mass is 10.1. The summed E-state index contributed by atoms with van der Waals surface area (Å²) >= 11 is 0. The first-order valence-corrected chi connectivity index (χ1v) is 9.77. The number of aromatic hydroxyl groups is 1. The smallest absolute Gasteiger partial charge is 0.253 e. The molecular formula is C23H20N6O3. The highest BCUT2D eigenvalue weighted by molar-refractivity contribution is 5.96. The fourth-order valence-corrected chi connectivity index (χ4v) is 3.43. The summed E-state index contributed by atoms with van der Waals surface area (Å²) in [6.45, 7) is 3.81. The number of amides is 1. The largest absolute Gasteiger partial charge is 0.507 e. The van der Waals surface area contributed by atoms with Crippen molar-refractivity contribution in [2.45, 2.75) is 12.6 Å². The summed E-state index contributed by atoms with van der Waals surface area (Å²) in [6, 6.07) is 11.2. The van der Waals surface area contributed by atoms with Crippen LogP contribution in [0.3, 0.4) is 0 Å². The summed E-state index contributed by atoms with van der Waals surface area (Å²) in [5.41, 5.74) is 8.18. The van der Waals surface area contributed by atoms with Crippen LogP contribution in [-0.2, 0) is 0 Å². The fourth-order valence-electron chi connectivity index (χ4n) is 3.43. The summed E-state index contributed by atoms with van der Waals surface area (Å²) in [4.78, 5) is 37.2. The van der Waals surface area contributed by atoms with Gasteiger partial charge < -0.3 is 16.2 Å². The van der Waals surface area contributed by atoms with Gasteiger partial charge in [-0.05, 0) is 42.5 Å². The predicted octanol–water partition coefficient (Wildman–Crippen LogP) is 3.10. The van der Waals surface area contributed by atoms with E-state index in [1.807, 2.05) is 6.07 Å². The highest BCUT2D eigenvalue weighted by Crippen LogP contribution is 2.30. The molecule has 0 saturated heterocycles. The third-order valence-corrected chi connectivity index (χ3v) is 4.95. The summed E-state index contributed by atoms with van der Waals surface area (Å²) < 4.78 is 1.78. The fraction of sp³-hybridized carbons (Fsp3) is 0.0870. The third kappa shape index (κ3) is 3.79. The molecule has 1 amide bonds. The van der Waals surface area contributed by atoms with Crippen molar-refractivity contribution >= 4 is 29.2 Å². The van der Waals surface area contributed by atoms with Crippen LogP contribution in [0.1, 0.15) is 33.3 Å². The maximum Gasteiger partial charge on any atom is 0.253 e. The van der Waals surface area contributed by atoms with E-state index in [1.165, 1.54) is 18.2 Å². The van der Waals surface area contributed by atoms with Crippen molar-refractivity contribution in [3.63, 3.8) is 0 Å². The van der Waals surface area contributed by atoms with Gasteiger partial charge in [0, 0.05) is 24.4 Å². The molecule has 0 saturated carbocycles. The van der Waals surface area contributed by atoms with Gasteiger partial charge in [0.05, 0.1) is 11.1 Å². The number of pyridine rings is 2. The van der Waals surface area contributed by atoms with Crippen LogP contribution >= 0.6 is 0 Å². The van der Waals surface area contributed by atoms with E-state index in [4.69, 9.17) is 5.73 Å². The van der Waals surface area contributed by atoms with Crippen LogP contribution in [-0.4, -0.2) is 36.8 Å². The van der Waals surface area contributed by atoms with Crippen molar-refractivity contribution in [2.24, 2.45) is 0 Å². The van der Waals surface area contributed by atoms with Gasteiger partial charge in [0.2, 0.25) is 0 Å². The first kappa shape index (κ1) is 20.7. The number of imidazole rings is 1. The maximum atomic E-state index is 13.0. The highest BCUT2D eigenvalue weighted by Gasteiger charge is 2.24.